The number of benzene rings is 7. The van der Waals surface area contributed by atoms with Crippen molar-refractivity contribution in [2.24, 2.45) is 0 Å². The minimum absolute atomic E-state index is 0.299. The van der Waals surface area contributed by atoms with Crippen LogP contribution < -0.4 is 4.74 Å². The van der Waals surface area contributed by atoms with Crippen molar-refractivity contribution in [3.63, 3.8) is 0 Å². The van der Waals surface area contributed by atoms with E-state index in [1.807, 2.05) is 0 Å². The van der Waals surface area contributed by atoms with E-state index >= 15 is 0 Å². The van der Waals surface area contributed by atoms with Gasteiger partial charge in [-0.2, -0.15) is 0 Å². The lowest BCUT2D eigenvalue weighted by atomic mass is 9.68. The van der Waals surface area contributed by atoms with E-state index in [-0.39, 0.29) is 10.8 Å². The smallest absolute Gasteiger partial charge is 0.139 e. The van der Waals surface area contributed by atoms with Gasteiger partial charge in [0.2, 0.25) is 0 Å². The number of hydrogen-bond acceptors (Lipinski definition) is 1. The van der Waals surface area contributed by atoms with Gasteiger partial charge in [-0.05, 0) is 87.8 Å². The molecule has 7 aromatic carbocycles. The normalized spacial score (nSPS) is 19.2. The van der Waals surface area contributed by atoms with Gasteiger partial charge >= 0.3 is 0 Å². The Kier molecular flexibility index (Phi) is 5.53. The average molecular weight is 577 g/mol. The zero-order valence-corrected chi connectivity index (χ0v) is 25.4. The molecule has 2 unspecified atom stereocenters. The van der Waals surface area contributed by atoms with Crippen LogP contribution in [0.15, 0.2) is 158 Å². The van der Waals surface area contributed by atoms with Crippen molar-refractivity contribution >= 4 is 10.8 Å². The fourth-order valence-corrected chi connectivity index (χ4v) is 8.04. The Morgan fingerprint density at radius 2 is 0.978 bits per heavy atom. The van der Waals surface area contributed by atoms with Gasteiger partial charge in [0.15, 0.2) is 0 Å². The van der Waals surface area contributed by atoms with Crippen LogP contribution in [0.5, 0.6) is 11.5 Å². The van der Waals surface area contributed by atoms with E-state index in [0.717, 1.165) is 17.1 Å². The second-order valence-corrected chi connectivity index (χ2v) is 12.8. The predicted molar refractivity (Wildman–Crippen MR) is 185 cm³/mol. The molecular weight excluding hydrogens is 544 g/mol. The minimum atomic E-state index is -0.354. The second kappa shape index (κ2) is 9.55. The molecule has 0 fully saturated rings. The topological polar surface area (TPSA) is 9.23 Å². The van der Waals surface area contributed by atoms with E-state index in [1.54, 1.807) is 0 Å². The lowest BCUT2D eigenvalue weighted by molar-refractivity contribution is 0.429. The molecule has 0 bridgehead atoms. The van der Waals surface area contributed by atoms with Crippen molar-refractivity contribution in [1.82, 2.24) is 0 Å². The molecule has 0 spiro atoms. The maximum absolute atomic E-state index is 6.85. The van der Waals surface area contributed by atoms with Crippen LogP contribution in [0.4, 0.5) is 0 Å². The first kappa shape index (κ1) is 26.0. The number of para-hydroxylation sites is 2. The monoisotopic (exact) mass is 576 g/mol. The zero-order valence-electron chi connectivity index (χ0n) is 25.4. The molecule has 0 amide bonds. The minimum Gasteiger partial charge on any atom is -0.456 e. The molecule has 0 N–H and O–H groups in total. The molecule has 0 aromatic heterocycles. The van der Waals surface area contributed by atoms with Gasteiger partial charge in [-0.1, -0.05) is 133 Å². The summed E-state index contributed by atoms with van der Waals surface area (Å²) in [5.41, 5.74) is 11.9. The molecule has 1 aliphatic carbocycles. The summed E-state index contributed by atoms with van der Waals surface area (Å²) in [4.78, 5) is 0. The van der Waals surface area contributed by atoms with E-state index in [9.17, 15) is 0 Å². The molecule has 7 aromatic rings. The maximum atomic E-state index is 6.85. The molecule has 2 aliphatic rings. The first-order valence-corrected chi connectivity index (χ1v) is 15.8. The molecule has 0 saturated carbocycles. The number of fused-ring (bicyclic) bond motifs is 6. The Balaban J connectivity index is 1.28. The van der Waals surface area contributed by atoms with Crippen molar-refractivity contribution in [2.45, 2.75) is 24.7 Å². The summed E-state index contributed by atoms with van der Waals surface area (Å²) < 4.78 is 6.85. The Bertz CT molecular complexity index is 2270. The van der Waals surface area contributed by atoms with Gasteiger partial charge in [0.1, 0.15) is 11.5 Å². The molecule has 9 rings (SSSR count). The van der Waals surface area contributed by atoms with Crippen LogP contribution in [-0.2, 0) is 10.8 Å². The van der Waals surface area contributed by atoms with Crippen LogP contribution in [0.2, 0.25) is 0 Å². The van der Waals surface area contributed by atoms with Crippen LogP contribution in [0, 0.1) is 0 Å². The van der Waals surface area contributed by atoms with E-state index < -0.39 is 0 Å². The van der Waals surface area contributed by atoms with Gasteiger partial charge in [-0.25, -0.2) is 0 Å². The predicted octanol–water partition coefficient (Wildman–Crippen LogP) is 11.3. The Morgan fingerprint density at radius 3 is 1.71 bits per heavy atom. The van der Waals surface area contributed by atoms with Crippen molar-refractivity contribution in [1.29, 1.82) is 0 Å². The highest BCUT2D eigenvalue weighted by Crippen LogP contribution is 2.57. The number of ether oxygens (including phenoxy) is 1. The van der Waals surface area contributed by atoms with Crippen LogP contribution in [-0.4, -0.2) is 0 Å². The number of rotatable bonds is 3. The summed E-state index contributed by atoms with van der Waals surface area (Å²) in [6.07, 6.45) is 0. The molecule has 1 aliphatic heterocycles. The highest BCUT2D eigenvalue weighted by molar-refractivity contribution is 5.95. The first-order chi connectivity index (χ1) is 22.1. The molecule has 2 atom stereocenters. The van der Waals surface area contributed by atoms with E-state index in [2.05, 4.69) is 172 Å². The Morgan fingerprint density at radius 1 is 0.400 bits per heavy atom. The van der Waals surface area contributed by atoms with E-state index in [4.69, 9.17) is 4.74 Å². The lowest BCUT2D eigenvalue weighted by Crippen LogP contribution is -2.29. The van der Waals surface area contributed by atoms with Gasteiger partial charge in [-0.3, -0.25) is 0 Å². The third-order valence-electron chi connectivity index (χ3n) is 10.5. The summed E-state index contributed by atoms with van der Waals surface area (Å²) >= 11 is 0. The summed E-state index contributed by atoms with van der Waals surface area (Å²) in [5.74, 6) is 1.85. The van der Waals surface area contributed by atoms with Gasteiger partial charge in [-0.15, -0.1) is 0 Å². The fourth-order valence-electron chi connectivity index (χ4n) is 8.04. The van der Waals surface area contributed by atoms with Crippen LogP contribution in [0.3, 0.4) is 0 Å². The number of hydrogen-bond donors (Lipinski definition) is 0. The largest absolute Gasteiger partial charge is 0.456 e. The third kappa shape index (κ3) is 3.61. The summed E-state index contributed by atoms with van der Waals surface area (Å²) in [7, 11) is 0. The van der Waals surface area contributed by atoms with Crippen molar-refractivity contribution < 1.29 is 4.74 Å². The molecule has 214 valence electrons. The fraction of sp³-hybridized carbons (Fsp3) is 0.0909. The molecule has 1 heterocycles. The van der Waals surface area contributed by atoms with Crippen molar-refractivity contribution in [3.8, 4) is 33.8 Å². The highest BCUT2D eigenvalue weighted by Gasteiger charge is 2.43. The highest BCUT2D eigenvalue weighted by atomic mass is 16.5. The van der Waals surface area contributed by atoms with Gasteiger partial charge in [0, 0.05) is 27.5 Å². The van der Waals surface area contributed by atoms with Gasteiger partial charge in [0.25, 0.3) is 0 Å². The van der Waals surface area contributed by atoms with Crippen molar-refractivity contribution in [3.05, 3.63) is 191 Å². The van der Waals surface area contributed by atoms with Crippen LogP contribution >= 0.6 is 0 Å². The third-order valence-corrected chi connectivity index (χ3v) is 10.5. The molecule has 1 nitrogen and oxygen atoms in total. The summed E-state index contributed by atoms with van der Waals surface area (Å²) in [6, 6.07) is 57.5. The van der Waals surface area contributed by atoms with Gasteiger partial charge in [0.05, 0.1) is 0 Å². The zero-order chi connectivity index (χ0) is 30.2. The quantitative estimate of drug-likeness (QED) is 0.203. The van der Waals surface area contributed by atoms with E-state index in [0.29, 0.717) is 0 Å². The maximum Gasteiger partial charge on any atom is 0.139 e. The van der Waals surface area contributed by atoms with Crippen LogP contribution in [0.25, 0.3) is 33.0 Å². The standard InChI is InChI=1S/C44H32O/c1-43(32-16-5-3-6-17-32)37-21-11-12-23-41(37)45-42-34(20-13-22-38(42)43)31-24-25-35-36-26-29-14-9-10-15-30(29)27-40(36)44(2,39(35)28-31)33-18-7-4-8-19-33/h3-28H,1-2H3. The molecule has 45 heavy (non-hydrogen) atoms. The Labute approximate surface area is 264 Å². The second-order valence-electron chi connectivity index (χ2n) is 12.8. The molecular formula is C44H32O. The molecule has 0 saturated heterocycles. The van der Waals surface area contributed by atoms with Crippen LogP contribution in [0.1, 0.15) is 47.2 Å². The molecule has 0 radical (unpaired) electrons. The SMILES string of the molecule is CC1(c2ccccc2)c2cc(-c3cccc4c3Oc3ccccc3C4(C)c3ccccc3)ccc2-c2cc3ccccc3cc21. The van der Waals surface area contributed by atoms with Crippen molar-refractivity contribution in [2.75, 3.05) is 0 Å². The van der Waals surface area contributed by atoms with E-state index in [1.165, 1.54) is 60.8 Å². The average Bonchev–Trinajstić information content (AvgIpc) is 3.35. The summed E-state index contributed by atoms with van der Waals surface area (Å²) in [5, 5.41) is 2.55. The van der Waals surface area contributed by atoms with Gasteiger partial charge < -0.3 is 4.74 Å². The lowest BCUT2D eigenvalue weighted by Gasteiger charge is -2.39. The summed E-state index contributed by atoms with van der Waals surface area (Å²) in [6.45, 7) is 4.73. The molecule has 1 heteroatoms. The first-order valence-electron chi connectivity index (χ1n) is 15.8. The Hall–Kier alpha value is -5.40.